The van der Waals surface area contributed by atoms with Crippen molar-refractivity contribution in [3.63, 3.8) is 0 Å². The number of benzene rings is 2. The number of rotatable bonds is 4. The van der Waals surface area contributed by atoms with E-state index in [1.165, 1.54) is 10.7 Å². The second-order valence-electron chi connectivity index (χ2n) is 8.78. The Kier molecular flexibility index (Phi) is 5.73. The highest BCUT2D eigenvalue weighted by molar-refractivity contribution is 6.03. The van der Waals surface area contributed by atoms with Crippen molar-refractivity contribution in [1.82, 2.24) is 25.8 Å². The molecule has 1 aromatic heterocycles. The van der Waals surface area contributed by atoms with E-state index in [1.807, 2.05) is 37.1 Å². The van der Waals surface area contributed by atoms with Crippen molar-refractivity contribution in [1.29, 1.82) is 0 Å². The number of anilines is 2. The van der Waals surface area contributed by atoms with Crippen LogP contribution in [0.15, 0.2) is 42.5 Å². The average Bonchev–Trinajstić information content (AvgIpc) is 3.41. The quantitative estimate of drug-likeness (QED) is 0.457. The molecule has 2 fully saturated rings. The number of hydrazine groups is 1. The van der Waals surface area contributed by atoms with Gasteiger partial charge in [-0.3, -0.25) is 19.9 Å². The van der Waals surface area contributed by atoms with E-state index in [0.717, 1.165) is 28.9 Å². The van der Waals surface area contributed by atoms with Gasteiger partial charge in [0.15, 0.2) is 17.9 Å². The maximum Gasteiger partial charge on any atom is 0.256 e. The van der Waals surface area contributed by atoms with Crippen LogP contribution in [0, 0.1) is 38.3 Å². The van der Waals surface area contributed by atoms with Crippen molar-refractivity contribution in [2.45, 2.75) is 33.2 Å². The van der Waals surface area contributed by atoms with Crippen LogP contribution in [-0.2, 0) is 4.79 Å². The monoisotopic (exact) mass is 481 g/mol. The lowest BCUT2D eigenvalue weighted by Gasteiger charge is -2.38. The number of hydrogen-bond acceptors (Lipinski definition) is 6. The number of halogens is 2. The summed E-state index contributed by atoms with van der Waals surface area (Å²) in [6.45, 7) is 6.27. The van der Waals surface area contributed by atoms with Gasteiger partial charge in [0.25, 0.3) is 5.91 Å². The van der Waals surface area contributed by atoms with Gasteiger partial charge in [0, 0.05) is 18.2 Å². The van der Waals surface area contributed by atoms with Crippen molar-refractivity contribution in [3.8, 4) is 0 Å². The van der Waals surface area contributed by atoms with Crippen molar-refractivity contribution in [2.24, 2.45) is 5.92 Å². The molecule has 0 aliphatic carbocycles. The molecule has 2 aliphatic heterocycles. The van der Waals surface area contributed by atoms with Crippen LogP contribution in [0.1, 0.15) is 33.5 Å². The predicted molar refractivity (Wildman–Crippen MR) is 125 cm³/mol. The summed E-state index contributed by atoms with van der Waals surface area (Å²) < 4.78 is 28.3. The smallest absolute Gasteiger partial charge is 0.256 e. The van der Waals surface area contributed by atoms with Gasteiger partial charge in [-0.05, 0) is 56.2 Å². The summed E-state index contributed by atoms with van der Waals surface area (Å²) in [5.74, 6) is -3.00. The number of hydrogen-bond donors (Lipinski definition) is 4. The SMILES string of the molecule is Cc1cc(NC(=O)c2ccc(F)c(F)c2)n(C2NC(=O)C3CNN(c4cccc(C)c4C)C3N2)n1. The molecule has 11 heteroatoms. The molecule has 0 spiro atoms. The van der Waals surface area contributed by atoms with Crippen molar-refractivity contribution < 1.29 is 18.4 Å². The number of aromatic nitrogens is 2. The largest absolute Gasteiger partial charge is 0.321 e. The van der Waals surface area contributed by atoms with Crippen LogP contribution in [-0.4, -0.2) is 34.3 Å². The molecular formula is C24H25F2N7O2. The molecule has 2 amide bonds. The van der Waals surface area contributed by atoms with Gasteiger partial charge >= 0.3 is 0 Å². The minimum atomic E-state index is -1.12. The summed E-state index contributed by atoms with van der Waals surface area (Å²) >= 11 is 0. The molecule has 2 saturated heterocycles. The summed E-state index contributed by atoms with van der Waals surface area (Å²) in [7, 11) is 0. The van der Waals surface area contributed by atoms with E-state index in [0.29, 0.717) is 12.2 Å². The predicted octanol–water partition coefficient (Wildman–Crippen LogP) is 2.48. The van der Waals surface area contributed by atoms with Crippen LogP contribution in [0.5, 0.6) is 0 Å². The first-order valence-electron chi connectivity index (χ1n) is 11.2. The molecule has 3 atom stereocenters. The fraction of sp³-hybridized carbons (Fsp3) is 0.292. The number of carbonyl (C=O) groups excluding carboxylic acids is 2. The summed E-state index contributed by atoms with van der Waals surface area (Å²) in [5, 5.41) is 15.4. The minimum Gasteiger partial charge on any atom is -0.321 e. The average molecular weight is 482 g/mol. The zero-order valence-electron chi connectivity index (χ0n) is 19.4. The van der Waals surface area contributed by atoms with Crippen LogP contribution in [0.3, 0.4) is 0 Å². The number of fused-ring (bicyclic) bond motifs is 1. The molecule has 3 heterocycles. The Morgan fingerprint density at radius 3 is 2.69 bits per heavy atom. The third-order valence-corrected chi connectivity index (χ3v) is 6.45. The number of nitrogens with one attached hydrogen (secondary N) is 4. The highest BCUT2D eigenvalue weighted by Gasteiger charge is 2.45. The molecule has 2 aromatic carbocycles. The summed E-state index contributed by atoms with van der Waals surface area (Å²) in [6, 6.07) is 10.5. The standard InChI is InChI=1S/C24H25F2N7O2/c1-12-5-4-6-19(14(12)3)32-21-16(11-27-32)23(35)30-24(29-21)33-20(9-13(2)31-33)28-22(34)15-7-8-17(25)18(26)10-15/h4-10,16,21,24,27,29H,11H2,1-3H3,(H,28,34)(H,30,35). The topological polar surface area (TPSA) is 103 Å². The van der Waals surface area contributed by atoms with E-state index < -0.39 is 23.8 Å². The number of carbonyl (C=O) groups is 2. The molecule has 3 aromatic rings. The molecule has 0 bridgehead atoms. The van der Waals surface area contributed by atoms with Gasteiger partial charge in [0.05, 0.1) is 17.3 Å². The molecule has 2 aliphatic rings. The fourth-order valence-corrected chi connectivity index (χ4v) is 4.45. The van der Waals surface area contributed by atoms with E-state index in [2.05, 4.69) is 26.5 Å². The van der Waals surface area contributed by atoms with Gasteiger partial charge in [0.1, 0.15) is 12.0 Å². The van der Waals surface area contributed by atoms with Gasteiger partial charge in [0.2, 0.25) is 5.91 Å². The second kappa shape index (κ2) is 8.75. The first-order chi connectivity index (χ1) is 16.7. The summed E-state index contributed by atoms with van der Waals surface area (Å²) in [4.78, 5) is 25.7. The molecule has 3 unspecified atom stereocenters. The van der Waals surface area contributed by atoms with Crippen LogP contribution >= 0.6 is 0 Å². The van der Waals surface area contributed by atoms with E-state index in [1.54, 1.807) is 13.0 Å². The molecule has 5 rings (SSSR count). The molecule has 0 radical (unpaired) electrons. The van der Waals surface area contributed by atoms with Gasteiger partial charge in [-0.2, -0.15) is 5.10 Å². The maximum absolute atomic E-state index is 13.6. The Labute approximate surface area is 200 Å². The molecule has 0 saturated carbocycles. The first-order valence-corrected chi connectivity index (χ1v) is 11.2. The zero-order chi connectivity index (χ0) is 24.9. The molecular weight excluding hydrogens is 456 g/mol. The van der Waals surface area contributed by atoms with E-state index in [9.17, 15) is 18.4 Å². The number of aryl methyl sites for hydroxylation is 2. The summed E-state index contributed by atoms with van der Waals surface area (Å²) in [6.07, 6.45) is -1.13. The van der Waals surface area contributed by atoms with Crippen LogP contribution in [0.4, 0.5) is 20.3 Å². The lowest BCUT2D eigenvalue weighted by molar-refractivity contribution is -0.129. The third kappa shape index (κ3) is 4.13. The van der Waals surface area contributed by atoms with Crippen molar-refractivity contribution >= 4 is 23.3 Å². The van der Waals surface area contributed by atoms with Crippen molar-refractivity contribution in [2.75, 3.05) is 16.9 Å². The molecule has 182 valence electrons. The van der Waals surface area contributed by atoms with E-state index >= 15 is 0 Å². The molecule has 4 N–H and O–H groups in total. The minimum absolute atomic E-state index is 0.0453. The Morgan fingerprint density at radius 1 is 1.11 bits per heavy atom. The maximum atomic E-state index is 13.6. The molecule has 35 heavy (non-hydrogen) atoms. The van der Waals surface area contributed by atoms with Gasteiger partial charge < -0.3 is 10.6 Å². The Bertz CT molecular complexity index is 1330. The lowest BCUT2D eigenvalue weighted by atomic mass is 10.0. The first kappa shape index (κ1) is 22.9. The highest BCUT2D eigenvalue weighted by Crippen LogP contribution is 2.31. The van der Waals surface area contributed by atoms with Crippen LogP contribution < -0.4 is 26.4 Å². The van der Waals surface area contributed by atoms with Gasteiger partial charge in [-0.15, -0.1) is 0 Å². The highest BCUT2D eigenvalue weighted by atomic mass is 19.2. The van der Waals surface area contributed by atoms with E-state index in [4.69, 9.17) is 0 Å². The van der Waals surface area contributed by atoms with Gasteiger partial charge in [-0.1, -0.05) is 12.1 Å². The van der Waals surface area contributed by atoms with Crippen LogP contribution in [0.25, 0.3) is 0 Å². The van der Waals surface area contributed by atoms with E-state index in [-0.39, 0.29) is 29.4 Å². The third-order valence-electron chi connectivity index (χ3n) is 6.45. The number of amides is 2. The Balaban J connectivity index is 1.42. The Morgan fingerprint density at radius 2 is 1.91 bits per heavy atom. The normalized spacial score (nSPS) is 21.6. The van der Waals surface area contributed by atoms with Crippen molar-refractivity contribution in [3.05, 3.63) is 76.5 Å². The summed E-state index contributed by atoms with van der Waals surface area (Å²) in [5.41, 5.74) is 7.06. The zero-order valence-corrected chi connectivity index (χ0v) is 19.4. The second-order valence-corrected chi connectivity index (χ2v) is 8.78. The molecule has 9 nitrogen and oxygen atoms in total. The van der Waals surface area contributed by atoms with Gasteiger partial charge in [-0.25, -0.2) is 18.9 Å². The fourth-order valence-electron chi connectivity index (χ4n) is 4.45. The number of nitrogens with zero attached hydrogens (tertiary/aromatic N) is 3. The lowest BCUT2D eigenvalue weighted by Crippen LogP contribution is -2.62. The Hall–Kier alpha value is -3.83. The van der Waals surface area contributed by atoms with Crippen LogP contribution in [0.2, 0.25) is 0 Å².